The maximum atomic E-state index is 11.9. The zero-order valence-corrected chi connectivity index (χ0v) is 9.51. The molecule has 2 N–H and O–H groups in total. The monoisotopic (exact) mass is 212 g/mol. The molecule has 1 saturated heterocycles. The van der Waals surface area contributed by atoms with E-state index in [1.165, 1.54) is 6.42 Å². The summed E-state index contributed by atoms with van der Waals surface area (Å²) in [6.07, 6.45) is 4.43. The molecule has 0 bridgehead atoms. The SMILES string of the molecule is COC1CNC(C(=O)NC2(C)CCC2)C1. The molecule has 0 radical (unpaired) electrons. The minimum Gasteiger partial charge on any atom is -0.380 e. The predicted octanol–water partition coefficient (Wildman–Crippen LogP) is 0.422. The molecule has 2 fully saturated rings. The van der Waals surface area contributed by atoms with E-state index in [4.69, 9.17) is 4.74 Å². The molecule has 4 nitrogen and oxygen atoms in total. The van der Waals surface area contributed by atoms with Crippen LogP contribution in [0.1, 0.15) is 32.6 Å². The second-order valence-electron chi connectivity index (χ2n) is 4.96. The number of hydrogen-bond donors (Lipinski definition) is 2. The Balaban J connectivity index is 1.81. The molecule has 2 aliphatic rings. The average Bonchev–Trinajstić information content (AvgIpc) is 2.63. The highest BCUT2D eigenvalue weighted by atomic mass is 16.5. The Morgan fingerprint density at radius 2 is 2.27 bits per heavy atom. The van der Waals surface area contributed by atoms with Crippen molar-refractivity contribution in [3.8, 4) is 0 Å². The topological polar surface area (TPSA) is 50.4 Å². The van der Waals surface area contributed by atoms with Crippen LogP contribution in [-0.2, 0) is 9.53 Å². The number of methoxy groups -OCH3 is 1. The number of carbonyl (C=O) groups is 1. The lowest BCUT2D eigenvalue weighted by Gasteiger charge is -2.39. The predicted molar refractivity (Wildman–Crippen MR) is 57.6 cm³/mol. The largest absolute Gasteiger partial charge is 0.380 e. The summed E-state index contributed by atoms with van der Waals surface area (Å²) in [6.45, 7) is 2.91. The molecule has 1 aliphatic heterocycles. The summed E-state index contributed by atoms with van der Waals surface area (Å²) >= 11 is 0. The summed E-state index contributed by atoms with van der Waals surface area (Å²) in [6, 6.07) is -0.0626. The van der Waals surface area contributed by atoms with Gasteiger partial charge in [0, 0.05) is 19.2 Å². The van der Waals surface area contributed by atoms with Crippen LogP contribution in [0.3, 0.4) is 0 Å². The zero-order chi connectivity index (χ0) is 10.9. The number of carbonyl (C=O) groups excluding carboxylic acids is 1. The van der Waals surface area contributed by atoms with Gasteiger partial charge in [-0.2, -0.15) is 0 Å². The molecule has 0 aromatic rings. The number of rotatable bonds is 3. The highest BCUT2D eigenvalue weighted by molar-refractivity contribution is 5.83. The molecule has 1 saturated carbocycles. The number of amides is 1. The molecule has 1 aliphatic carbocycles. The highest BCUT2D eigenvalue weighted by Crippen LogP contribution is 2.31. The second-order valence-corrected chi connectivity index (χ2v) is 4.96. The fourth-order valence-corrected chi connectivity index (χ4v) is 2.30. The van der Waals surface area contributed by atoms with Gasteiger partial charge in [-0.1, -0.05) is 0 Å². The maximum absolute atomic E-state index is 11.9. The lowest BCUT2D eigenvalue weighted by Crippen LogP contribution is -2.55. The van der Waals surface area contributed by atoms with Crippen LogP contribution < -0.4 is 10.6 Å². The number of ether oxygens (including phenoxy) is 1. The van der Waals surface area contributed by atoms with Gasteiger partial charge in [0.05, 0.1) is 12.1 Å². The van der Waals surface area contributed by atoms with Crippen LogP contribution in [0.15, 0.2) is 0 Å². The first-order valence-corrected chi connectivity index (χ1v) is 5.71. The lowest BCUT2D eigenvalue weighted by molar-refractivity contribution is -0.125. The molecule has 2 atom stereocenters. The first-order chi connectivity index (χ1) is 7.13. The number of nitrogens with one attached hydrogen (secondary N) is 2. The molecular formula is C11H20N2O2. The first-order valence-electron chi connectivity index (χ1n) is 5.71. The Labute approximate surface area is 90.8 Å². The minimum atomic E-state index is -0.0626. The van der Waals surface area contributed by atoms with Crippen LogP contribution in [0.2, 0.25) is 0 Å². The van der Waals surface area contributed by atoms with Crippen molar-refractivity contribution in [2.75, 3.05) is 13.7 Å². The van der Waals surface area contributed by atoms with Crippen LogP contribution in [0.25, 0.3) is 0 Å². The lowest BCUT2D eigenvalue weighted by atomic mass is 9.78. The fourth-order valence-electron chi connectivity index (χ4n) is 2.30. The van der Waals surface area contributed by atoms with Crippen molar-refractivity contribution in [2.24, 2.45) is 0 Å². The van der Waals surface area contributed by atoms with Gasteiger partial charge in [0.2, 0.25) is 5.91 Å². The molecule has 2 rings (SSSR count). The van der Waals surface area contributed by atoms with Gasteiger partial charge in [-0.25, -0.2) is 0 Å². The Hall–Kier alpha value is -0.610. The molecule has 0 aromatic carbocycles. The maximum Gasteiger partial charge on any atom is 0.237 e. The van der Waals surface area contributed by atoms with Crippen molar-refractivity contribution in [1.82, 2.24) is 10.6 Å². The molecule has 4 heteroatoms. The van der Waals surface area contributed by atoms with Crippen molar-refractivity contribution < 1.29 is 9.53 Å². The van der Waals surface area contributed by atoms with E-state index in [0.29, 0.717) is 0 Å². The van der Waals surface area contributed by atoms with E-state index in [1.54, 1.807) is 7.11 Å². The van der Waals surface area contributed by atoms with E-state index in [-0.39, 0.29) is 23.6 Å². The van der Waals surface area contributed by atoms with Gasteiger partial charge in [-0.05, 0) is 32.6 Å². The van der Waals surface area contributed by atoms with E-state index >= 15 is 0 Å². The van der Waals surface area contributed by atoms with Crippen molar-refractivity contribution in [3.63, 3.8) is 0 Å². The first kappa shape index (κ1) is 10.9. The summed E-state index contributed by atoms with van der Waals surface area (Å²) in [7, 11) is 1.69. The Bertz CT molecular complexity index is 251. The average molecular weight is 212 g/mol. The second kappa shape index (κ2) is 4.10. The summed E-state index contributed by atoms with van der Waals surface area (Å²) in [5, 5.41) is 6.31. The van der Waals surface area contributed by atoms with E-state index in [0.717, 1.165) is 25.8 Å². The van der Waals surface area contributed by atoms with Crippen molar-refractivity contribution >= 4 is 5.91 Å². The van der Waals surface area contributed by atoms with Gasteiger partial charge in [-0.15, -0.1) is 0 Å². The van der Waals surface area contributed by atoms with Gasteiger partial charge in [0.25, 0.3) is 0 Å². The summed E-state index contributed by atoms with van der Waals surface area (Å²) in [4.78, 5) is 11.9. The quantitative estimate of drug-likeness (QED) is 0.713. The Morgan fingerprint density at radius 3 is 2.73 bits per heavy atom. The summed E-state index contributed by atoms with van der Waals surface area (Å²) in [5.74, 6) is 0.136. The van der Waals surface area contributed by atoms with Crippen LogP contribution in [-0.4, -0.2) is 37.2 Å². The summed E-state index contributed by atoms with van der Waals surface area (Å²) in [5.41, 5.74) is 0.0594. The van der Waals surface area contributed by atoms with Crippen LogP contribution in [0, 0.1) is 0 Å². The molecule has 1 heterocycles. The molecular weight excluding hydrogens is 192 g/mol. The molecule has 1 amide bonds. The fraction of sp³-hybridized carbons (Fsp3) is 0.909. The molecule has 2 unspecified atom stereocenters. The third-order valence-corrected chi connectivity index (χ3v) is 3.62. The van der Waals surface area contributed by atoms with Gasteiger partial charge in [0.15, 0.2) is 0 Å². The van der Waals surface area contributed by atoms with Gasteiger partial charge in [0.1, 0.15) is 0 Å². The van der Waals surface area contributed by atoms with E-state index in [2.05, 4.69) is 17.6 Å². The van der Waals surface area contributed by atoms with Gasteiger partial charge in [-0.3, -0.25) is 4.79 Å². The third kappa shape index (κ3) is 2.32. The smallest absolute Gasteiger partial charge is 0.237 e. The highest BCUT2D eigenvalue weighted by Gasteiger charge is 2.37. The van der Waals surface area contributed by atoms with E-state index in [1.807, 2.05) is 0 Å². The Kier molecular flexibility index (Phi) is 2.98. The van der Waals surface area contributed by atoms with Crippen LogP contribution in [0.4, 0.5) is 0 Å². The zero-order valence-electron chi connectivity index (χ0n) is 9.51. The van der Waals surface area contributed by atoms with Crippen LogP contribution >= 0.6 is 0 Å². The van der Waals surface area contributed by atoms with Crippen LogP contribution in [0.5, 0.6) is 0 Å². The standard InChI is InChI=1S/C11H20N2O2/c1-11(4-3-5-11)13-10(14)9-6-8(15-2)7-12-9/h8-9,12H,3-7H2,1-2H3,(H,13,14). The molecule has 0 spiro atoms. The molecule has 0 aromatic heterocycles. The molecule has 15 heavy (non-hydrogen) atoms. The van der Waals surface area contributed by atoms with Gasteiger partial charge < -0.3 is 15.4 Å². The van der Waals surface area contributed by atoms with Crippen molar-refractivity contribution in [1.29, 1.82) is 0 Å². The Morgan fingerprint density at radius 1 is 1.53 bits per heavy atom. The number of hydrogen-bond acceptors (Lipinski definition) is 3. The summed E-state index contributed by atoms with van der Waals surface area (Å²) < 4.78 is 5.22. The molecule has 86 valence electrons. The van der Waals surface area contributed by atoms with E-state index < -0.39 is 0 Å². The van der Waals surface area contributed by atoms with Crippen molar-refractivity contribution in [2.45, 2.75) is 50.3 Å². The van der Waals surface area contributed by atoms with Gasteiger partial charge >= 0.3 is 0 Å². The third-order valence-electron chi connectivity index (χ3n) is 3.62. The van der Waals surface area contributed by atoms with E-state index in [9.17, 15) is 4.79 Å². The van der Waals surface area contributed by atoms with Crippen molar-refractivity contribution in [3.05, 3.63) is 0 Å². The normalized spacial score (nSPS) is 33.5. The minimum absolute atomic E-state index is 0.0594.